The van der Waals surface area contributed by atoms with Gasteiger partial charge < -0.3 is 0 Å². The maximum Gasteiger partial charge on any atom is 0.316 e. The maximum absolute atomic E-state index is 9.57. The fourth-order valence-electron chi connectivity index (χ4n) is 0.0574. The zero-order valence-electron chi connectivity index (χ0n) is 3.07. The van der Waals surface area contributed by atoms with E-state index in [4.69, 9.17) is 4.55 Å². The highest BCUT2D eigenvalue weighted by Crippen LogP contribution is 1.76. The number of hydrogen-bond acceptors (Lipinski definition) is 3. The molecule has 2 unspecified atom stereocenters. The molecular weight excluding hydrogens is 142 g/mol. The molecule has 0 spiro atoms. The third-order valence-electron chi connectivity index (χ3n) is 0.125. The van der Waals surface area contributed by atoms with Gasteiger partial charge in [-0.05, 0) is 0 Å². The molecule has 0 heterocycles. The lowest BCUT2D eigenvalue weighted by Gasteiger charge is -1.84. The predicted octanol–water partition coefficient (Wildman–Crippen LogP) is -1.32. The Labute approximate surface area is 45.1 Å². The largest absolute Gasteiger partial charge is 0.316 e. The van der Waals surface area contributed by atoms with Crippen LogP contribution in [0.5, 0.6) is 0 Å². The van der Waals surface area contributed by atoms with Crippen LogP contribution in [0.3, 0.4) is 0 Å². The summed E-state index contributed by atoms with van der Waals surface area (Å²) in [5, 5.41) is 4.39. The van der Waals surface area contributed by atoms with Crippen molar-refractivity contribution in [3.8, 4) is 0 Å². The van der Waals surface area contributed by atoms with Gasteiger partial charge in [-0.25, -0.2) is 9.35 Å². The Bertz CT molecular complexity index is 85.9. The molecule has 0 aromatic carbocycles. The van der Waals surface area contributed by atoms with E-state index in [2.05, 4.69) is 8.77 Å². The van der Waals surface area contributed by atoms with Crippen LogP contribution in [0.25, 0.3) is 0 Å². The molecule has 0 aliphatic heterocycles. The molecule has 0 amide bonds. The zero-order chi connectivity index (χ0) is 5.86. The van der Waals surface area contributed by atoms with E-state index in [1.807, 2.05) is 0 Å². The quantitative estimate of drug-likeness (QED) is 0.471. The van der Waals surface area contributed by atoms with Crippen molar-refractivity contribution in [2.24, 2.45) is 5.14 Å². The summed E-state index contributed by atoms with van der Waals surface area (Å²) in [5.74, 6) is 0. The average molecular weight is 145 g/mol. The van der Waals surface area contributed by atoms with Gasteiger partial charge in [-0.15, -0.1) is 0 Å². The first-order valence-corrected chi connectivity index (χ1v) is 3.25. The number of nitrogens with two attached hydrogens (primary N) is 1. The summed E-state index contributed by atoms with van der Waals surface area (Å²) in [6.45, 7) is 0. The normalized spacial score (nSPS) is 18.6. The van der Waals surface area contributed by atoms with E-state index < -0.39 is 22.6 Å². The molecule has 44 valence electrons. The molecule has 0 aliphatic carbocycles. The van der Waals surface area contributed by atoms with Crippen molar-refractivity contribution in [1.29, 1.82) is 0 Å². The van der Waals surface area contributed by atoms with Crippen molar-refractivity contribution >= 4 is 22.6 Å². The third kappa shape index (κ3) is 6.18. The van der Waals surface area contributed by atoms with E-state index in [9.17, 15) is 8.42 Å². The van der Waals surface area contributed by atoms with Crippen LogP contribution in [0.2, 0.25) is 0 Å². The van der Waals surface area contributed by atoms with Gasteiger partial charge in [0.05, 0.1) is 0 Å². The summed E-state index contributed by atoms with van der Waals surface area (Å²) in [5.41, 5.74) is 0. The summed E-state index contributed by atoms with van der Waals surface area (Å²) in [7, 11) is 0. The Hall–Kier alpha value is 0.180. The van der Waals surface area contributed by atoms with Gasteiger partial charge in [0.2, 0.25) is 11.3 Å². The monoisotopic (exact) mass is 145 g/mol. The minimum atomic E-state index is -2.52. The molecule has 0 fully saturated rings. The van der Waals surface area contributed by atoms with Crippen LogP contribution in [-0.4, -0.2) is 13.0 Å². The van der Waals surface area contributed by atoms with Crippen LogP contribution in [0.15, 0.2) is 0 Å². The summed E-state index contributed by atoms with van der Waals surface area (Å²) < 4.78 is 30.2. The molecule has 0 radical (unpaired) electrons. The van der Waals surface area contributed by atoms with E-state index in [-0.39, 0.29) is 0 Å². The van der Waals surface area contributed by atoms with Gasteiger partial charge in [-0.2, -0.15) is 7.84 Å². The molecule has 3 N–H and O–H groups in total. The van der Waals surface area contributed by atoms with Crippen molar-refractivity contribution < 1.29 is 16.6 Å². The van der Waals surface area contributed by atoms with Crippen molar-refractivity contribution in [1.82, 2.24) is 0 Å². The highest BCUT2D eigenvalue weighted by Gasteiger charge is 1.94. The van der Waals surface area contributed by atoms with Gasteiger partial charge in [-0.3, -0.25) is 4.55 Å². The first-order valence-electron chi connectivity index (χ1n) is 1.08. The summed E-state index contributed by atoms with van der Waals surface area (Å²) in [4.78, 5) is 0. The molecule has 0 aromatic rings. The maximum atomic E-state index is 9.57. The molecule has 7 heavy (non-hydrogen) atoms. The van der Waals surface area contributed by atoms with Crippen LogP contribution in [0.1, 0.15) is 0 Å². The second-order valence-corrected chi connectivity index (χ2v) is 2.05. The van der Waals surface area contributed by atoms with Gasteiger partial charge in [0.1, 0.15) is 0 Å². The second kappa shape index (κ2) is 3.22. The lowest BCUT2D eigenvalue weighted by atomic mass is 13.9. The van der Waals surface area contributed by atoms with Crippen LogP contribution in [-0.2, 0) is 26.3 Å². The van der Waals surface area contributed by atoms with E-state index >= 15 is 0 Å². The van der Waals surface area contributed by atoms with Crippen LogP contribution in [0.4, 0.5) is 0 Å². The Morgan fingerprint density at radius 3 is 2.00 bits per heavy atom. The fourth-order valence-corrected chi connectivity index (χ4v) is 0.516. The number of rotatable bonds is 2. The lowest BCUT2D eigenvalue weighted by Crippen LogP contribution is -2.07. The number of hydrogen-bond donors (Lipinski definition) is 2. The van der Waals surface area contributed by atoms with Crippen LogP contribution >= 0.6 is 0 Å². The molecule has 0 saturated carbocycles. The van der Waals surface area contributed by atoms with Gasteiger partial charge in [-0.1, -0.05) is 0 Å². The van der Waals surface area contributed by atoms with Crippen LogP contribution < -0.4 is 5.14 Å². The highest BCUT2D eigenvalue weighted by molar-refractivity contribution is 7.89. The molecule has 5 nitrogen and oxygen atoms in total. The Morgan fingerprint density at radius 2 is 2.00 bits per heavy atom. The van der Waals surface area contributed by atoms with Gasteiger partial charge in [0.25, 0.3) is 0 Å². The molecule has 0 aliphatic rings. The highest BCUT2D eigenvalue weighted by atomic mass is 32.3. The molecule has 7 heteroatoms. The van der Waals surface area contributed by atoms with Crippen molar-refractivity contribution in [2.45, 2.75) is 0 Å². The smallest absolute Gasteiger partial charge is 0.283 e. The van der Waals surface area contributed by atoms with Gasteiger partial charge in [0.15, 0.2) is 0 Å². The van der Waals surface area contributed by atoms with Crippen molar-refractivity contribution in [3.63, 3.8) is 0 Å². The minimum Gasteiger partial charge on any atom is -0.283 e. The first-order chi connectivity index (χ1) is 3.13. The molecule has 2 atom stereocenters. The Morgan fingerprint density at radius 1 is 1.57 bits per heavy atom. The fraction of sp³-hybridized carbons (Fsp3) is 0. The summed E-state index contributed by atoms with van der Waals surface area (Å²) in [6.07, 6.45) is 0. The van der Waals surface area contributed by atoms with Gasteiger partial charge in [0, 0.05) is 0 Å². The Kier molecular flexibility index (Phi) is 3.30. The van der Waals surface area contributed by atoms with E-state index in [1.165, 1.54) is 0 Å². The predicted molar refractivity (Wildman–Crippen MR) is 24.2 cm³/mol. The summed E-state index contributed by atoms with van der Waals surface area (Å²) in [6, 6.07) is 0. The van der Waals surface area contributed by atoms with Crippen LogP contribution in [0, 0.1) is 0 Å². The van der Waals surface area contributed by atoms with E-state index in [0.29, 0.717) is 0 Å². The first kappa shape index (κ1) is 7.18. The van der Waals surface area contributed by atoms with Crippen molar-refractivity contribution in [2.75, 3.05) is 0 Å². The molecule has 0 bridgehead atoms. The summed E-state index contributed by atoms with van der Waals surface area (Å²) >= 11 is -4.67. The Balaban J connectivity index is 3.32. The average Bonchev–Trinajstić information content (AvgIpc) is 1.27. The lowest BCUT2D eigenvalue weighted by molar-refractivity contribution is 0.471. The van der Waals surface area contributed by atoms with E-state index in [1.54, 1.807) is 0 Å². The SMILES string of the molecule is NS(=O)OS(=O)O. The zero-order valence-corrected chi connectivity index (χ0v) is 4.70. The standard InChI is InChI=1S/H3NO4S2/c1-6(2)5-7(3)4/h1H2,(H,3,4). The molecule has 0 rings (SSSR count). The molecular formula is H3NO4S2. The van der Waals surface area contributed by atoms with Gasteiger partial charge >= 0.3 is 11.4 Å². The van der Waals surface area contributed by atoms with E-state index in [0.717, 1.165) is 0 Å². The third-order valence-corrected chi connectivity index (χ3v) is 1.13. The van der Waals surface area contributed by atoms with Crippen molar-refractivity contribution in [3.05, 3.63) is 0 Å². The second-order valence-electron chi connectivity index (χ2n) is 0.546. The molecule has 0 aromatic heterocycles. The molecule has 0 saturated heterocycles. The minimum absolute atomic E-state index is 2.15. The topological polar surface area (TPSA) is 89.6 Å².